The van der Waals surface area contributed by atoms with Gasteiger partial charge in [-0.15, -0.1) is 0 Å². The fourth-order valence-corrected chi connectivity index (χ4v) is 6.46. The summed E-state index contributed by atoms with van der Waals surface area (Å²) in [7, 11) is -4.15. The minimum absolute atomic E-state index is 0.0585. The van der Waals surface area contributed by atoms with E-state index in [0.717, 1.165) is 54.5 Å². The number of halogens is 4. The average Bonchev–Trinajstić information content (AvgIpc) is 2.95. The van der Waals surface area contributed by atoms with Crippen LogP contribution in [0.2, 0.25) is 5.02 Å². The largest absolute Gasteiger partial charge is 0.433 e. The van der Waals surface area contributed by atoms with Gasteiger partial charge in [0.1, 0.15) is 17.6 Å². The van der Waals surface area contributed by atoms with E-state index >= 15 is 0 Å². The number of hydrogen-bond donors (Lipinski definition) is 1. The first-order valence-corrected chi connectivity index (χ1v) is 15.0. The number of carbonyl (C=O) groups is 1. The minimum Gasteiger partial charge on any atom is -0.368 e. The number of anilines is 3. The summed E-state index contributed by atoms with van der Waals surface area (Å²) < 4.78 is 66.4. The Bertz CT molecular complexity index is 1530. The van der Waals surface area contributed by atoms with E-state index in [1.807, 2.05) is 30.0 Å². The van der Waals surface area contributed by atoms with Crippen LogP contribution in [0.5, 0.6) is 0 Å². The van der Waals surface area contributed by atoms with E-state index in [1.54, 1.807) is 12.1 Å². The molecule has 1 amide bonds. The molecule has 3 aromatic rings. The lowest BCUT2D eigenvalue weighted by Gasteiger charge is -2.41. The highest BCUT2D eigenvalue weighted by Gasteiger charge is 2.33. The van der Waals surface area contributed by atoms with E-state index in [-0.39, 0.29) is 16.8 Å². The van der Waals surface area contributed by atoms with Crippen LogP contribution in [-0.2, 0) is 27.4 Å². The maximum absolute atomic E-state index is 13.4. The van der Waals surface area contributed by atoms with Gasteiger partial charge in [-0.3, -0.25) is 9.52 Å². The van der Waals surface area contributed by atoms with E-state index in [2.05, 4.69) is 19.5 Å². The van der Waals surface area contributed by atoms with Gasteiger partial charge >= 0.3 is 6.18 Å². The van der Waals surface area contributed by atoms with Gasteiger partial charge in [0.25, 0.3) is 10.0 Å². The highest BCUT2D eigenvalue weighted by atomic mass is 35.5. The number of alkyl halides is 3. The molecule has 218 valence electrons. The van der Waals surface area contributed by atoms with Gasteiger partial charge in [0, 0.05) is 49.1 Å². The molecule has 1 saturated heterocycles. The molecule has 3 heterocycles. The van der Waals surface area contributed by atoms with Crippen LogP contribution in [0.3, 0.4) is 0 Å². The molecule has 1 aromatic heterocycles. The van der Waals surface area contributed by atoms with Crippen LogP contribution in [0.1, 0.15) is 24.6 Å². The van der Waals surface area contributed by atoms with Crippen molar-refractivity contribution in [3.8, 4) is 0 Å². The summed E-state index contributed by atoms with van der Waals surface area (Å²) in [6.07, 6.45) is -2.80. The molecule has 1 N–H and O–H groups in total. The van der Waals surface area contributed by atoms with Crippen molar-refractivity contribution in [3.05, 3.63) is 76.9 Å². The van der Waals surface area contributed by atoms with Gasteiger partial charge in [0.05, 0.1) is 4.90 Å². The molecule has 0 saturated carbocycles. The maximum Gasteiger partial charge on any atom is 0.433 e. The van der Waals surface area contributed by atoms with Crippen molar-refractivity contribution in [3.63, 3.8) is 0 Å². The molecular formula is C28H29ClF3N5O3S. The summed E-state index contributed by atoms with van der Waals surface area (Å²) >= 11 is 6.17. The molecule has 0 spiro atoms. The molecule has 2 aliphatic rings. The van der Waals surface area contributed by atoms with Crippen LogP contribution in [0.25, 0.3) is 0 Å². The summed E-state index contributed by atoms with van der Waals surface area (Å²) in [4.78, 5) is 22.7. The number of amides is 1. The van der Waals surface area contributed by atoms with Gasteiger partial charge in [0.15, 0.2) is 0 Å². The van der Waals surface area contributed by atoms with Crippen molar-refractivity contribution < 1.29 is 26.4 Å². The molecule has 0 bridgehead atoms. The van der Waals surface area contributed by atoms with E-state index in [1.165, 1.54) is 12.1 Å². The number of pyridine rings is 1. The number of fused-ring (bicyclic) bond motifs is 1. The molecule has 5 rings (SSSR count). The third-order valence-corrected chi connectivity index (χ3v) is 9.01. The number of sulfonamides is 1. The zero-order valence-corrected chi connectivity index (χ0v) is 23.8. The molecule has 13 heteroatoms. The first-order valence-electron chi connectivity index (χ1n) is 13.2. The van der Waals surface area contributed by atoms with Gasteiger partial charge in [-0.2, -0.15) is 13.2 Å². The SMILES string of the molecule is C[C@@H](C(=O)N1CCN(c2ccc(S(=O)(=O)Nc3cccc(C(F)(F)F)n3)cc2)CC1)N1CCCc2cc(Cl)ccc21. The summed E-state index contributed by atoms with van der Waals surface area (Å²) in [5.41, 5.74) is 1.79. The van der Waals surface area contributed by atoms with Crippen LogP contribution in [-0.4, -0.2) is 63.0 Å². The lowest BCUT2D eigenvalue weighted by molar-refractivity contribution is -0.141. The number of rotatable bonds is 6. The van der Waals surface area contributed by atoms with E-state index < -0.39 is 27.7 Å². The van der Waals surface area contributed by atoms with Crippen LogP contribution in [0.4, 0.5) is 30.4 Å². The third kappa shape index (κ3) is 6.38. The Balaban J connectivity index is 1.19. The number of benzene rings is 2. The standard InChI is InChI=1S/C28H29ClF3N5O3S/c1-19(37-13-3-4-20-18-21(29)7-12-24(20)37)27(38)36-16-14-35(15-17-36)22-8-10-23(11-9-22)41(39,40)34-26-6-2-5-25(33-26)28(30,31)32/h2,5-12,18-19H,3-4,13-17H2,1H3,(H,33,34)/t19-/m0/s1. The van der Waals surface area contributed by atoms with Gasteiger partial charge in [-0.05, 0) is 79.9 Å². The fourth-order valence-electron chi connectivity index (χ4n) is 5.26. The third-order valence-electron chi connectivity index (χ3n) is 7.40. The molecule has 2 aliphatic heterocycles. The second-order valence-electron chi connectivity index (χ2n) is 10.1. The number of carbonyl (C=O) groups excluding carboxylic acids is 1. The predicted molar refractivity (Wildman–Crippen MR) is 152 cm³/mol. The molecule has 1 fully saturated rings. The first kappa shape index (κ1) is 29.0. The highest BCUT2D eigenvalue weighted by molar-refractivity contribution is 7.92. The summed E-state index contributed by atoms with van der Waals surface area (Å²) in [5.74, 6) is -0.362. The summed E-state index contributed by atoms with van der Waals surface area (Å²) in [5, 5.41) is 0.690. The second-order valence-corrected chi connectivity index (χ2v) is 12.2. The average molecular weight is 608 g/mol. The van der Waals surface area contributed by atoms with Crippen molar-refractivity contribution in [2.24, 2.45) is 0 Å². The Morgan fingerprint density at radius 2 is 1.71 bits per heavy atom. The maximum atomic E-state index is 13.4. The zero-order valence-electron chi connectivity index (χ0n) is 22.2. The number of piperazine rings is 1. The van der Waals surface area contributed by atoms with E-state index in [0.29, 0.717) is 31.2 Å². The molecule has 2 aromatic carbocycles. The second kappa shape index (κ2) is 11.4. The Kier molecular flexibility index (Phi) is 8.06. The van der Waals surface area contributed by atoms with Crippen LogP contribution in [0.15, 0.2) is 65.6 Å². The number of aryl methyl sites for hydroxylation is 1. The Hall–Kier alpha value is -3.51. The number of aromatic nitrogens is 1. The van der Waals surface area contributed by atoms with Crippen molar-refractivity contribution in [2.75, 3.05) is 47.2 Å². The topological polar surface area (TPSA) is 85.8 Å². The monoisotopic (exact) mass is 607 g/mol. The number of nitrogens with zero attached hydrogens (tertiary/aromatic N) is 4. The first-order chi connectivity index (χ1) is 19.4. The highest BCUT2D eigenvalue weighted by Crippen LogP contribution is 2.32. The van der Waals surface area contributed by atoms with Crippen LogP contribution >= 0.6 is 11.6 Å². The Morgan fingerprint density at radius 1 is 1.00 bits per heavy atom. The molecule has 8 nitrogen and oxygen atoms in total. The van der Waals surface area contributed by atoms with Gasteiger partial charge < -0.3 is 14.7 Å². The van der Waals surface area contributed by atoms with E-state index in [9.17, 15) is 26.4 Å². The molecule has 0 aliphatic carbocycles. The molecular weight excluding hydrogens is 579 g/mol. The van der Waals surface area contributed by atoms with Crippen molar-refractivity contribution in [2.45, 2.75) is 36.9 Å². The number of hydrogen-bond acceptors (Lipinski definition) is 6. The van der Waals surface area contributed by atoms with Crippen LogP contribution < -0.4 is 14.5 Å². The molecule has 41 heavy (non-hydrogen) atoms. The van der Waals surface area contributed by atoms with E-state index in [4.69, 9.17) is 11.6 Å². The summed E-state index contributed by atoms with van der Waals surface area (Å²) in [6, 6.07) is 14.6. The number of nitrogens with one attached hydrogen (secondary N) is 1. The van der Waals surface area contributed by atoms with Gasteiger partial charge in [0.2, 0.25) is 5.91 Å². The van der Waals surface area contributed by atoms with Gasteiger partial charge in [-0.1, -0.05) is 17.7 Å². The molecule has 0 radical (unpaired) electrons. The molecule has 1 atom stereocenters. The summed E-state index contributed by atoms with van der Waals surface area (Å²) in [6.45, 7) is 4.92. The normalized spacial score (nSPS) is 16.8. The van der Waals surface area contributed by atoms with Gasteiger partial charge in [-0.25, -0.2) is 13.4 Å². The quantitative estimate of drug-likeness (QED) is 0.422. The zero-order chi connectivity index (χ0) is 29.4. The smallest absolute Gasteiger partial charge is 0.368 e. The Labute approximate surface area is 241 Å². The van der Waals surface area contributed by atoms with Crippen LogP contribution in [0, 0.1) is 0 Å². The molecule has 0 unspecified atom stereocenters. The lowest BCUT2D eigenvalue weighted by Crippen LogP contribution is -2.55. The van der Waals surface area contributed by atoms with Crippen molar-refractivity contribution in [1.82, 2.24) is 9.88 Å². The van der Waals surface area contributed by atoms with Crippen molar-refractivity contribution in [1.29, 1.82) is 0 Å². The van der Waals surface area contributed by atoms with Crippen molar-refractivity contribution >= 4 is 44.7 Å². The minimum atomic E-state index is -4.69. The lowest BCUT2D eigenvalue weighted by atomic mass is 10.00. The fraction of sp³-hybridized carbons (Fsp3) is 0.357. The predicted octanol–water partition coefficient (Wildman–Crippen LogP) is 5.04. The Morgan fingerprint density at radius 3 is 2.39 bits per heavy atom.